The van der Waals surface area contributed by atoms with Gasteiger partial charge in [0.25, 0.3) is 0 Å². The van der Waals surface area contributed by atoms with Gasteiger partial charge < -0.3 is 0 Å². The number of nitrogens with zero attached hydrogens (tertiary/aromatic N) is 2. The van der Waals surface area contributed by atoms with Crippen LogP contribution in [-0.2, 0) is 0 Å². The molecule has 0 fully saturated rings. The molecule has 0 saturated heterocycles. The van der Waals surface area contributed by atoms with Crippen molar-refractivity contribution >= 4 is 32.6 Å². The largest absolute Gasteiger partial charge is 0.256 e. The lowest BCUT2D eigenvalue weighted by Crippen LogP contribution is -1.90. The van der Waals surface area contributed by atoms with Crippen LogP contribution in [0, 0.1) is 0 Å². The van der Waals surface area contributed by atoms with Crippen LogP contribution in [0.3, 0.4) is 0 Å². The first kappa shape index (κ1) is 28.0. The molecule has 2 heterocycles. The first-order chi connectivity index (χ1) is 18.9. The van der Waals surface area contributed by atoms with Gasteiger partial charge in [-0.15, -0.1) is 0 Å². The molecule has 0 unspecified atom stereocenters. The fourth-order valence-corrected chi connectivity index (χ4v) is 4.94. The average Bonchev–Trinajstić information content (AvgIpc) is 2.96. The zero-order valence-electron chi connectivity index (χ0n) is 24.1. The fraction of sp³-hybridized carbons (Fsp3) is 0.243. The Labute approximate surface area is 233 Å². The van der Waals surface area contributed by atoms with Crippen LogP contribution in [0.15, 0.2) is 116 Å². The van der Waals surface area contributed by atoms with E-state index in [0.717, 1.165) is 11.0 Å². The second-order valence-electron chi connectivity index (χ2n) is 10.9. The van der Waals surface area contributed by atoms with Gasteiger partial charge in [-0.1, -0.05) is 133 Å². The standard InChI is InChI=1S/C13H14.2C12H13N/c1-10(2)12-9-5-7-11-6-3-4-8-13(11)12;2*1-9(2)11-7-3-5-10-6-4-8-13-12(10)11/h3-10H,1-2H3;2*3-9H,1-2H3. The van der Waals surface area contributed by atoms with Crippen molar-refractivity contribution in [1.29, 1.82) is 0 Å². The number of benzene rings is 4. The van der Waals surface area contributed by atoms with Crippen LogP contribution in [0.2, 0.25) is 0 Å². The Hall–Kier alpha value is -4.04. The summed E-state index contributed by atoms with van der Waals surface area (Å²) >= 11 is 0. The highest BCUT2D eigenvalue weighted by molar-refractivity contribution is 5.86. The van der Waals surface area contributed by atoms with Gasteiger partial charge in [0.15, 0.2) is 0 Å². The molecule has 0 atom stereocenters. The molecule has 0 spiro atoms. The Kier molecular flexibility index (Phi) is 9.44. The number of rotatable bonds is 3. The van der Waals surface area contributed by atoms with E-state index in [9.17, 15) is 0 Å². The third-order valence-electron chi connectivity index (χ3n) is 7.02. The van der Waals surface area contributed by atoms with E-state index in [4.69, 9.17) is 0 Å². The molecule has 6 rings (SSSR count). The normalized spacial score (nSPS) is 11.0. The number of hydrogen-bond acceptors (Lipinski definition) is 2. The van der Waals surface area contributed by atoms with Crippen LogP contribution < -0.4 is 0 Å². The van der Waals surface area contributed by atoms with E-state index in [1.807, 2.05) is 24.5 Å². The molecule has 2 nitrogen and oxygen atoms in total. The van der Waals surface area contributed by atoms with Crippen molar-refractivity contribution in [2.75, 3.05) is 0 Å². The van der Waals surface area contributed by atoms with Crippen molar-refractivity contribution in [3.63, 3.8) is 0 Å². The molecule has 0 radical (unpaired) electrons. The van der Waals surface area contributed by atoms with Gasteiger partial charge in [0, 0.05) is 23.2 Å². The van der Waals surface area contributed by atoms with E-state index in [0.29, 0.717) is 17.8 Å². The molecule has 0 aliphatic rings. The predicted molar refractivity (Wildman–Crippen MR) is 170 cm³/mol. The zero-order valence-corrected chi connectivity index (χ0v) is 24.1. The molecule has 0 aliphatic carbocycles. The topological polar surface area (TPSA) is 25.8 Å². The molecule has 198 valence electrons. The summed E-state index contributed by atoms with van der Waals surface area (Å²) in [4.78, 5) is 8.80. The summed E-state index contributed by atoms with van der Waals surface area (Å²) in [5, 5.41) is 5.19. The van der Waals surface area contributed by atoms with Crippen molar-refractivity contribution in [3.05, 3.63) is 132 Å². The Morgan fingerprint density at radius 3 is 1.26 bits per heavy atom. The van der Waals surface area contributed by atoms with Gasteiger partial charge in [0.2, 0.25) is 0 Å². The van der Waals surface area contributed by atoms with E-state index in [-0.39, 0.29) is 0 Å². The Morgan fingerprint density at radius 2 is 0.769 bits per heavy atom. The van der Waals surface area contributed by atoms with Gasteiger partial charge in [-0.25, -0.2) is 0 Å². The van der Waals surface area contributed by atoms with Gasteiger partial charge in [0.05, 0.1) is 11.0 Å². The maximum atomic E-state index is 4.40. The predicted octanol–water partition coefficient (Wildman–Crippen LogP) is 10.7. The minimum absolute atomic E-state index is 0.540. The first-order valence-corrected chi connectivity index (χ1v) is 14.0. The van der Waals surface area contributed by atoms with E-state index in [1.165, 1.54) is 38.2 Å². The summed E-state index contributed by atoms with van der Waals surface area (Å²) in [5.74, 6) is 1.68. The third kappa shape index (κ3) is 6.89. The van der Waals surface area contributed by atoms with Crippen molar-refractivity contribution in [1.82, 2.24) is 9.97 Å². The number of pyridine rings is 2. The molecule has 0 N–H and O–H groups in total. The van der Waals surface area contributed by atoms with Gasteiger partial charge in [-0.2, -0.15) is 0 Å². The van der Waals surface area contributed by atoms with Gasteiger partial charge >= 0.3 is 0 Å². The molecule has 2 heteroatoms. The molecule has 0 aliphatic heterocycles. The minimum atomic E-state index is 0.540. The van der Waals surface area contributed by atoms with E-state index in [1.54, 1.807) is 0 Å². The van der Waals surface area contributed by atoms with Gasteiger partial charge in [-0.05, 0) is 57.3 Å². The monoisotopic (exact) mass is 512 g/mol. The molecule has 0 saturated carbocycles. The molecule has 6 aromatic rings. The molecular weight excluding hydrogens is 472 g/mol. The zero-order chi connectivity index (χ0) is 27.8. The summed E-state index contributed by atoms with van der Waals surface area (Å²) in [6, 6.07) is 36.0. The second-order valence-corrected chi connectivity index (χ2v) is 10.9. The van der Waals surface area contributed by atoms with Crippen LogP contribution in [0.4, 0.5) is 0 Å². The summed E-state index contributed by atoms with van der Waals surface area (Å²) in [6.07, 6.45) is 3.71. The lowest BCUT2D eigenvalue weighted by Gasteiger charge is -2.08. The smallest absolute Gasteiger partial charge is 0.0736 e. The summed E-state index contributed by atoms with van der Waals surface area (Å²) in [5.41, 5.74) is 6.38. The van der Waals surface area contributed by atoms with Crippen molar-refractivity contribution in [2.45, 2.75) is 59.3 Å². The Bertz CT molecular complexity index is 1430. The Morgan fingerprint density at radius 1 is 0.385 bits per heavy atom. The molecular formula is C37H40N2. The summed E-state index contributed by atoms with van der Waals surface area (Å²) in [7, 11) is 0. The van der Waals surface area contributed by atoms with Crippen molar-refractivity contribution in [2.24, 2.45) is 0 Å². The number of para-hydroxylation sites is 2. The second kappa shape index (κ2) is 13.2. The van der Waals surface area contributed by atoms with Crippen LogP contribution in [0.1, 0.15) is 76.0 Å². The summed E-state index contributed by atoms with van der Waals surface area (Å²) < 4.78 is 0. The van der Waals surface area contributed by atoms with Crippen LogP contribution >= 0.6 is 0 Å². The first-order valence-electron chi connectivity index (χ1n) is 14.0. The van der Waals surface area contributed by atoms with Crippen molar-refractivity contribution < 1.29 is 0 Å². The number of fused-ring (bicyclic) bond motifs is 3. The number of aromatic nitrogens is 2. The van der Waals surface area contributed by atoms with Gasteiger partial charge in [-0.3, -0.25) is 9.97 Å². The van der Waals surface area contributed by atoms with Gasteiger partial charge in [0.1, 0.15) is 0 Å². The molecule has 4 aromatic carbocycles. The van der Waals surface area contributed by atoms with E-state index in [2.05, 4.69) is 143 Å². The maximum absolute atomic E-state index is 4.40. The summed E-state index contributed by atoms with van der Waals surface area (Å²) in [6.45, 7) is 13.3. The van der Waals surface area contributed by atoms with Crippen LogP contribution in [0.5, 0.6) is 0 Å². The third-order valence-corrected chi connectivity index (χ3v) is 7.02. The Balaban J connectivity index is 0.000000136. The number of hydrogen-bond donors (Lipinski definition) is 0. The highest BCUT2D eigenvalue weighted by Crippen LogP contribution is 2.25. The fourth-order valence-electron chi connectivity index (χ4n) is 4.94. The minimum Gasteiger partial charge on any atom is -0.256 e. The lowest BCUT2D eigenvalue weighted by atomic mass is 9.96. The van der Waals surface area contributed by atoms with Crippen LogP contribution in [-0.4, -0.2) is 9.97 Å². The SMILES string of the molecule is CC(C)c1cccc2ccccc12.CC(C)c1cccc2cccnc12.CC(C)c1cccc2cccnc12. The quantitative estimate of drug-likeness (QED) is 0.236. The molecule has 2 aromatic heterocycles. The maximum Gasteiger partial charge on any atom is 0.0736 e. The van der Waals surface area contributed by atoms with Crippen molar-refractivity contribution in [3.8, 4) is 0 Å². The van der Waals surface area contributed by atoms with E-state index >= 15 is 0 Å². The van der Waals surface area contributed by atoms with E-state index < -0.39 is 0 Å². The molecule has 0 amide bonds. The lowest BCUT2D eigenvalue weighted by molar-refractivity contribution is 0.873. The average molecular weight is 513 g/mol. The molecule has 0 bridgehead atoms. The van der Waals surface area contributed by atoms with Crippen LogP contribution in [0.25, 0.3) is 32.6 Å². The highest BCUT2D eigenvalue weighted by Gasteiger charge is 2.05. The highest BCUT2D eigenvalue weighted by atomic mass is 14.7. The molecule has 39 heavy (non-hydrogen) atoms.